The number of aliphatic hydroxyl groups is 1. The van der Waals surface area contributed by atoms with Crippen LogP contribution >= 0.6 is 0 Å². The van der Waals surface area contributed by atoms with Crippen LogP contribution in [-0.2, 0) is 40.0 Å². The van der Waals surface area contributed by atoms with E-state index in [1.165, 1.54) is 12.1 Å². The number of Topliss-reactive ketones (excluding diaryl/α,β-unsaturated/α-hetero) is 2. The van der Waals surface area contributed by atoms with E-state index in [1.807, 2.05) is 0 Å². The van der Waals surface area contributed by atoms with Gasteiger partial charge in [0.05, 0.1) is 12.5 Å². The van der Waals surface area contributed by atoms with E-state index in [1.54, 1.807) is 6.92 Å². The van der Waals surface area contributed by atoms with Crippen molar-refractivity contribution < 1.29 is 58.9 Å². The van der Waals surface area contributed by atoms with E-state index in [0.29, 0.717) is 0 Å². The molecule has 2 aromatic carbocycles. The monoisotopic (exact) mass is 571 g/mol. The summed E-state index contributed by atoms with van der Waals surface area (Å²) in [4.78, 5) is 41.8. The Morgan fingerprint density at radius 3 is 2.37 bits per heavy atom. The number of ketones is 2. The number of nitrogens with zero attached hydrogens (tertiary/aromatic N) is 1. The van der Waals surface area contributed by atoms with Crippen molar-refractivity contribution in [2.24, 2.45) is 11.3 Å². The van der Waals surface area contributed by atoms with E-state index in [-0.39, 0.29) is 46.2 Å². The first-order valence-electron chi connectivity index (χ1n) is 11.2. The lowest BCUT2D eigenvalue weighted by Gasteiger charge is -2.45. The van der Waals surface area contributed by atoms with Crippen molar-refractivity contribution >= 4 is 49.0 Å². The highest BCUT2D eigenvalue weighted by Gasteiger charge is 2.77. The third-order valence-corrected chi connectivity index (χ3v) is 8.67. The molecule has 0 aromatic heterocycles. The molecule has 1 saturated carbocycles. The molecule has 1 heterocycles. The van der Waals surface area contributed by atoms with Gasteiger partial charge >= 0.3 is 20.8 Å². The van der Waals surface area contributed by atoms with Gasteiger partial charge in [0.15, 0.2) is 11.5 Å². The topological polar surface area (TPSA) is 222 Å². The van der Waals surface area contributed by atoms with Gasteiger partial charge in [0.2, 0.25) is 5.91 Å². The minimum absolute atomic E-state index is 0.00625. The molecule has 1 saturated heterocycles. The number of aromatic hydroxyl groups is 1. The molecule has 0 bridgehead atoms. The predicted octanol–water partition coefficient (Wildman–Crippen LogP) is 0.127. The van der Waals surface area contributed by atoms with Gasteiger partial charge in [-0.1, -0.05) is 6.92 Å². The standard InChI is InChI=1S/C22H21NO13S2/c1-21-5-4-15(25)17-19(27)23(6-7-35-37(29,30)31)20(28)22(17,21)18(26)12-8-10-11(9-13(12)21)16(3-2-14(10)24)36-38(32,33)34/h2-3,8-9,17,19,24,27H,4-7H2,1H3,(H,29,30,31)(H,32,33,34). The number of aliphatic hydroxyl groups excluding tert-OH is 1. The number of rotatable bonds is 6. The van der Waals surface area contributed by atoms with Crippen molar-refractivity contribution in [1.82, 2.24) is 4.90 Å². The zero-order valence-electron chi connectivity index (χ0n) is 19.5. The highest BCUT2D eigenvalue weighted by atomic mass is 32.3. The normalized spacial score (nSPS) is 28.9. The molecule has 3 aliphatic rings. The van der Waals surface area contributed by atoms with E-state index in [0.717, 1.165) is 17.0 Å². The summed E-state index contributed by atoms with van der Waals surface area (Å²) in [6.45, 7) is 0.224. The number of phenolic OH excluding ortho intramolecular Hbond substituents is 1. The molecule has 4 N–H and O–H groups in total. The summed E-state index contributed by atoms with van der Waals surface area (Å²) in [5.74, 6) is -4.59. The van der Waals surface area contributed by atoms with Crippen molar-refractivity contribution in [3.63, 3.8) is 0 Å². The Morgan fingerprint density at radius 1 is 1.05 bits per heavy atom. The minimum Gasteiger partial charge on any atom is -0.507 e. The van der Waals surface area contributed by atoms with Gasteiger partial charge in [-0.3, -0.25) is 23.5 Å². The molecular weight excluding hydrogens is 550 g/mol. The summed E-state index contributed by atoms with van der Waals surface area (Å²) in [5, 5.41) is 21.4. The van der Waals surface area contributed by atoms with Crippen molar-refractivity contribution in [3.8, 4) is 11.5 Å². The molecule has 2 fully saturated rings. The lowest BCUT2D eigenvalue weighted by molar-refractivity contribution is -0.143. The van der Waals surface area contributed by atoms with Gasteiger partial charge in [-0.2, -0.15) is 16.8 Å². The van der Waals surface area contributed by atoms with Crippen LogP contribution in [0, 0.1) is 11.3 Å². The molecule has 38 heavy (non-hydrogen) atoms. The summed E-state index contributed by atoms with van der Waals surface area (Å²) in [5.41, 5.74) is -3.34. The van der Waals surface area contributed by atoms with Crippen LogP contribution in [0.2, 0.25) is 0 Å². The number of carbonyl (C=O) groups excluding carboxylic acids is 3. The third kappa shape index (κ3) is 3.55. The number of likely N-dealkylation sites (tertiary alicyclic amines) is 1. The molecule has 204 valence electrons. The number of hydrogen-bond acceptors (Lipinski definition) is 11. The van der Waals surface area contributed by atoms with E-state index >= 15 is 0 Å². The summed E-state index contributed by atoms with van der Waals surface area (Å²) in [6, 6.07) is 4.73. The molecule has 2 aromatic rings. The van der Waals surface area contributed by atoms with Crippen LogP contribution in [0.3, 0.4) is 0 Å². The molecule has 16 heteroatoms. The van der Waals surface area contributed by atoms with Gasteiger partial charge in [0, 0.05) is 34.7 Å². The maximum absolute atomic E-state index is 14.1. The Hall–Kier alpha value is -3.15. The summed E-state index contributed by atoms with van der Waals surface area (Å²) in [6.07, 6.45) is -1.94. The molecule has 1 amide bonds. The van der Waals surface area contributed by atoms with Crippen LogP contribution in [0.5, 0.6) is 11.5 Å². The molecule has 1 aliphatic heterocycles. The van der Waals surface area contributed by atoms with Crippen LogP contribution in [0.1, 0.15) is 35.7 Å². The zero-order chi connectivity index (χ0) is 28.0. The minimum atomic E-state index is -4.97. The Labute approximate surface area is 215 Å². The smallest absolute Gasteiger partial charge is 0.446 e. The zero-order valence-corrected chi connectivity index (χ0v) is 21.2. The lowest BCUT2D eigenvalue weighted by atomic mass is 9.52. The number of benzene rings is 2. The molecule has 14 nitrogen and oxygen atoms in total. The fourth-order valence-electron chi connectivity index (χ4n) is 6.30. The van der Waals surface area contributed by atoms with E-state index < -0.39 is 74.4 Å². The van der Waals surface area contributed by atoms with Gasteiger partial charge in [0.1, 0.15) is 23.2 Å². The Kier molecular flexibility index (Phi) is 5.69. The number of amides is 1. The van der Waals surface area contributed by atoms with Crippen LogP contribution in [0.25, 0.3) is 10.8 Å². The highest BCUT2D eigenvalue weighted by Crippen LogP contribution is 2.65. The molecule has 4 atom stereocenters. The van der Waals surface area contributed by atoms with Crippen LogP contribution in [0.4, 0.5) is 0 Å². The van der Waals surface area contributed by atoms with Crippen LogP contribution < -0.4 is 4.18 Å². The van der Waals surface area contributed by atoms with Crippen molar-refractivity contribution in [2.75, 3.05) is 13.2 Å². The largest absolute Gasteiger partial charge is 0.507 e. The highest BCUT2D eigenvalue weighted by molar-refractivity contribution is 7.81. The fourth-order valence-corrected chi connectivity index (χ4v) is 6.96. The van der Waals surface area contributed by atoms with Gasteiger partial charge in [0.25, 0.3) is 0 Å². The first-order chi connectivity index (χ1) is 17.5. The summed E-state index contributed by atoms with van der Waals surface area (Å²) < 4.78 is 71.6. The molecular formula is C22H21NO13S2. The van der Waals surface area contributed by atoms with E-state index in [9.17, 15) is 46.0 Å². The Bertz CT molecular complexity index is 1650. The summed E-state index contributed by atoms with van der Waals surface area (Å²) in [7, 11) is -9.84. The van der Waals surface area contributed by atoms with Gasteiger partial charge in [-0.05, 0) is 36.2 Å². The van der Waals surface area contributed by atoms with Gasteiger partial charge in [-0.25, -0.2) is 4.18 Å². The Balaban J connectivity index is 1.70. The molecule has 1 spiro atoms. The quantitative estimate of drug-likeness (QED) is 0.268. The number of fused-ring (bicyclic) bond motifs is 3. The second-order valence-electron chi connectivity index (χ2n) is 9.61. The second-order valence-corrected chi connectivity index (χ2v) is 11.7. The van der Waals surface area contributed by atoms with Crippen molar-refractivity contribution in [2.45, 2.75) is 31.4 Å². The average Bonchev–Trinajstić information content (AvgIpc) is 3.15. The number of carbonyl (C=O) groups is 3. The van der Waals surface area contributed by atoms with Gasteiger partial charge < -0.3 is 19.3 Å². The van der Waals surface area contributed by atoms with Crippen LogP contribution in [0.15, 0.2) is 24.3 Å². The number of phenols is 1. The average molecular weight is 572 g/mol. The lowest BCUT2D eigenvalue weighted by Crippen LogP contribution is -2.58. The molecule has 2 aliphatic carbocycles. The van der Waals surface area contributed by atoms with Gasteiger partial charge in [-0.15, -0.1) is 0 Å². The van der Waals surface area contributed by atoms with E-state index in [2.05, 4.69) is 8.37 Å². The Morgan fingerprint density at radius 2 is 1.74 bits per heavy atom. The van der Waals surface area contributed by atoms with E-state index in [4.69, 9.17) is 4.55 Å². The number of hydrogen-bond donors (Lipinski definition) is 4. The fraction of sp³-hybridized carbons (Fsp3) is 0.409. The van der Waals surface area contributed by atoms with Crippen molar-refractivity contribution in [1.29, 1.82) is 0 Å². The predicted molar refractivity (Wildman–Crippen MR) is 125 cm³/mol. The van der Waals surface area contributed by atoms with Crippen LogP contribution in [-0.4, -0.2) is 77.9 Å². The molecule has 5 rings (SSSR count). The maximum Gasteiger partial charge on any atom is 0.446 e. The molecule has 0 radical (unpaired) electrons. The molecule has 4 unspecified atom stereocenters. The SMILES string of the molecule is CC12CCC(=O)C3C(O)N(CCOS(=O)(=O)O)C(=O)C31C(=O)c1cc3c(O)ccc(OS(=O)(=O)O)c3cc12. The first kappa shape index (κ1) is 26.5. The summed E-state index contributed by atoms with van der Waals surface area (Å²) >= 11 is 0. The van der Waals surface area contributed by atoms with Crippen molar-refractivity contribution in [3.05, 3.63) is 35.4 Å². The third-order valence-electron chi connectivity index (χ3n) is 7.82. The first-order valence-corrected chi connectivity index (χ1v) is 13.9. The second kappa shape index (κ2) is 8.17. The maximum atomic E-state index is 14.1.